The lowest BCUT2D eigenvalue weighted by molar-refractivity contribution is 0.166. The number of carbonyl (C=O) groups is 1. The van der Waals surface area contributed by atoms with E-state index in [-0.39, 0.29) is 6.61 Å². The first-order valence-corrected chi connectivity index (χ1v) is 6.61. The fourth-order valence-electron chi connectivity index (χ4n) is 1.60. The minimum Gasteiger partial charge on any atom is -0.447 e. The van der Waals surface area contributed by atoms with Crippen LogP contribution in [-0.4, -0.2) is 19.2 Å². The van der Waals surface area contributed by atoms with Crippen molar-refractivity contribution in [3.8, 4) is 0 Å². The molecule has 0 radical (unpaired) electrons. The Kier molecular flexibility index (Phi) is 5.26. The molecule has 5 heteroatoms. The van der Waals surface area contributed by atoms with Crippen molar-refractivity contribution < 1.29 is 9.53 Å². The van der Waals surface area contributed by atoms with Crippen LogP contribution in [0.15, 0.2) is 54.6 Å². The summed E-state index contributed by atoms with van der Waals surface area (Å²) in [4.78, 5) is 11.6. The molecule has 0 aliphatic rings. The van der Waals surface area contributed by atoms with Crippen molar-refractivity contribution in [2.24, 2.45) is 0 Å². The zero-order valence-electron chi connectivity index (χ0n) is 10.8. The largest absolute Gasteiger partial charge is 0.447 e. The Balaban J connectivity index is 1.69. The maximum Gasteiger partial charge on any atom is 0.411 e. The summed E-state index contributed by atoms with van der Waals surface area (Å²) in [6, 6.07) is 16.7. The summed E-state index contributed by atoms with van der Waals surface area (Å²) in [6.07, 6.45) is -0.520. The Bertz CT molecular complexity index is 561. The predicted octanol–water partition coefficient (Wildman–Crippen LogP) is 4.00. The molecular formula is C15H15ClN2O2. The van der Waals surface area contributed by atoms with E-state index in [0.717, 1.165) is 5.69 Å². The van der Waals surface area contributed by atoms with Crippen molar-refractivity contribution in [2.45, 2.75) is 0 Å². The number of rotatable bonds is 5. The van der Waals surface area contributed by atoms with Gasteiger partial charge in [0, 0.05) is 12.2 Å². The van der Waals surface area contributed by atoms with Gasteiger partial charge < -0.3 is 10.1 Å². The molecule has 2 rings (SSSR count). The number of benzene rings is 2. The van der Waals surface area contributed by atoms with Crippen molar-refractivity contribution in [1.29, 1.82) is 0 Å². The molecule has 0 bridgehead atoms. The molecule has 0 aliphatic heterocycles. The van der Waals surface area contributed by atoms with Gasteiger partial charge >= 0.3 is 6.09 Å². The number of halogens is 1. The molecular weight excluding hydrogens is 276 g/mol. The van der Waals surface area contributed by atoms with Gasteiger partial charge in [-0.25, -0.2) is 4.79 Å². The van der Waals surface area contributed by atoms with Gasteiger partial charge in [0.25, 0.3) is 0 Å². The van der Waals surface area contributed by atoms with E-state index in [4.69, 9.17) is 16.3 Å². The zero-order valence-corrected chi connectivity index (χ0v) is 11.6. The van der Waals surface area contributed by atoms with E-state index in [0.29, 0.717) is 17.3 Å². The number of hydrogen-bond acceptors (Lipinski definition) is 3. The van der Waals surface area contributed by atoms with E-state index in [1.165, 1.54) is 0 Å². The molecule has 2 aromatic carbocycles. The second kappa shape index (κ2) is 7.40. The molecule has 0 heterocycles. The van der Waals surface area contributed by atoms with Gasteiger partial charge in [0.15, 0.2) is 0 Å². The number of hydrogen-bond donors (Lipinski definition) is 2. The molecule has 0 atom stereocenters. The van der Waals surface area contributed by atoms with Crippen LogP contribution in [0.25, 0.3) is 0 Å². The summed E-state index contributed by atoms with van der Waals surface area (Å²) in [7, 11) is 0. The Morgan fingerprint density at radius 3 is 2.50 bits per heavy atom. The lowest BCUT2D eigenvalue weighted by Crippen LogP contribution is -2.18. The van der Waals surface area contributed by atoms with E-state index in [1.807, 2.05) is 30.3 Å². The van der Waals surface area contributed by atoms with Crippen molar-refractivity contribution in [3.05, 3.63) is 59.6 Å². The van der Waals surface area contributed by atoms with Crippen LogP contribution < -0.4 is 10.6 Å². The van der Waals surface area contributed by atoms with Crippen LogP contribution in [-0.2, 0) is 4.74 Å². The van der Waals surface area contributed by atoms with Crippen LogP contribution in [0.3, 0.4) is 0 Å². The van der Waals surface area contributed by atoms with Crippen LogP contribution in [0.2, 0.25) is 5.02 Å². The monoisotopic (exact) mass is 290 g/mol. The molecule has 0 fully saturated rings. The summed E-state index contributed by atoms with van der Waals surface area (Å²) >= 11 is 5.93. The third-order valence-electron chi connectivity index (χ3n) is 2.55. The quantitative estimate of drug-likeness (QED) is 0.818. The molecule has 0 aromatic heterocycles. The molecule has 0 saturated heterocycles. The number of anilines is 2. The molecule has 0 aliphatic carbocycles. The number of ether oxygens (including phenoxy) is 1. The van der Waals surface area contributed by atoms with Gasteiger partial charge in [0.05, 0.1) is 10.7 Å². The SMILES string of the molecule is O=C(Nc1ccccc1Cl)OCCNc1ccccc1. The van der Waals surface area contributed by atoms with Gasteiger partial charge in [-0.15, -0.1) is 0 Å². The summed E-state index contributed by atoms with van der Waals surface area (Å²) < 4.78 is 5.05. The van der Waals surface area contributed by atoms with E-state index in [1.54, 1.807) is 24.3 Å². The van der Waals surface area contributed by atoms with Crippen LogP contribution in [0, 0.1) is 0 Å². The second-order valence-electron chi connectivity index (χ2n) is 4.03. The van der Waals surface area contributed by atoms with Crippen molar-refractivity contribution in [3.63, 3.8) is 0 Å². The van der Waals surface area contributed by atoms with Crippen molar-refractivity contribution in [2.75, 3.05) is 23.8 Å². The lowest BCUT2D eigenvalue weighted by atomic mass is 10.3. The second-order valence-corrected chi connectivity index (χ2v) is 4.44. The van der Waals surface area contributed by atoms with Crippen LogP contribution in [0.5, 0.6) is 0 Å². The molecule has 104 valence electrons. The first-order chi connectivity index (χ1) is 9.75. The Hall–Kier alpha value is -2.20. The molecule has 2 N–H and O–H groups in total. The average Bonchev–Trinajstić information content (AvgIpc) is 2.47. The van der Waals surface area contributed by atoms with E-state index in [2.05, 4.69) is 10.6 Å². The minimum absolute atomic E-state index is 0.269. The smallest absolute Gasteiger partial charge is 0.411 e. The first-order valence-electron chi connectivity index (χ1n) is 6.23. The third-order valence-corrected chi connectivity index (χ3v) is 2.88. The fourth-order valence-corrected chi connectivity index (χ4v) is 1.79. The first kappa shape index (κ1) is 14.2. The third kappa shape index (κ3) is 4.48. The predicted molar refractivity (Wildman–Crippen MR) is 81.4 cm³/mol. The molecule has 1 amide bonds. The number of amides is 1. The van der Waals surface area contributed by atoms with Gasteiger partial charge in [-0.1, -0.05) is 41.9 Å². The van der Waals surface area contributed by atoms with E-state index in [9.17, 15) is 4.79 Å². The van der Waals surface area contributed by atoms with Crippen LogP contribution in [0.4, 0.5) is 16.2 Å². The topological polar surface area (TPSA) is 50.4 Å². The fraction of sp³-hybridized carbons (Fsp3) is 0.133. The van der Waals surface area contributed by atoms with E-state index >= 15 is 0 Å². The van der Waals surface area contributed by atoms with Gasteiger partial charge in [-0.3, -0.25) is 5.32 Å². The van der Waals surface area contributed by atoms with E-state index < -0.39 is 6.09 Å². The highest BCUT2D eigenvalue weighted by atomic mass is 35.5. The van der Waals surface area contributed by atoms with Crippen LogP contribution >= 0.6 is 11.6 Å². The summed E-state index contributed by atoms with van der Waals surface area (Å²) in [5.41, 5.74) is 1.53. The highest BCUT2D eigenvalue weighted by molar-refractivity contribution is 6.33. The lowest BCUT2D eigenvalue weighted by Gasteiger charge is -2.09. The average molecular weight is 291 g/mol. The molecule has 4 nitrogen and oxygen atoms in total. The van der Waals surface area contributed by atoms with Crippen LogP contribution in [0.1, 0.15) is 0 Å². The summed E-state index contributed by atoms with van der Waals surface area (Å²) in [6.45, 7) is 0.811. The maximum atomic E-state index is 11.6. The molecule has 0 saturated carbocycles. The normalized spacial score (nSPS) is 9.85. The Labute approximate surface area is 122 Å². The maximum absolute atomic E-state index is 11.6. The van der Waals surface area contributed by atoms with Gasteiger partial charge in [0.2, 0.25) is 0 Å². The zero-order chi connectivity index (χ0) is 14.2. The minimum atomic E-state index is -0.520. The number of nitrogens with one attached hydrogen (secondary N) is 2. The Morgan fingerprint density at radius 1 is 1.05 bits per heavy atom. The van der Waals surface area contributed by atoms with Gasteiger partial charge in [-0.05, 0) is 24.3 Å². The summed E-state index contributed by atoms with van der Waals surface area (Å²) in [5, 5.41) is 6.21. The van der Waals surface area contributed by atoms with Gasteiger partial charge in [-0.2, -0.15) is 0 Å². The highest BCUT2D eigenvalue weighted by Gasteiger charge is 2.05. The number of para-hydroxylation sites is 2. The molecule has 0 unspecified atom stereocenters. The highest BCUT2D eigenvalue weighted by Crippen LogP contribution is 2.20. The Morgan fingerprint density at radius 2 is 1.75 bits per heavy atom. The van der Waals surface area contributed by atoms with Crippen molar-refractivity contribution >= 4 is 29.1 Å². The molecule has 0 spiro atoms. The van der Waals surface area contributed by atoms with Crippen molar-refractivity contribution in [1.82, 2.24) is 0 Å². The number of carbonyl (C=O) groups excluding carboxylic acids is 1. The standard InChI is InChI=1S/C15H15ClN2O2/c16-13-8-4-5-9-14(13)18-15(19)20-11-10-17-12-6-2-1-3-7-12/h1-9,17H,10-11H2,(H,18,19). The molecule has 20 heavy (non-hydrogen) atoms. The summed E-state index contributed by atoms with van der Waals surface area (Å²) in [5.74, 6) is 0. The van der Waals surface area contributed by atoms with Gasteiger partial charge in [0.1, 0.15) is 6.61 Å². The molecule has 2 aromatic rings.